The Balaban J connectivity index is 1.32. The summed E-state index contributed by atoms with van der Waals surface area (Å²) in [5.41, 5.74) is 3.71. The average molecular weight is 551 g/mol. The predicted octanol–water partition coefficient (Wildman–Crippen LogP) is 7.03. The number of fused-ring (bicyclic) bond motifs is 1. The third kappa shape index (κ3) is 5.39. The smallest absolute Gasteiger partial charge is 0.274 e. The van der Waals surface area contributed by atoms with Gasteiger partial charge in [0.05, 0.1) is 11.0 Å². The second kappa shape index (κ2) is 9.93. The van der Waals surface area contributed by atoms with Gasteiger partial charge in [0.1, 0.15) is 17.2 Å². The van der Waals surface area contributed by atoms with Crippen molar-refractivity contribution in [2.75, 3.05) is 10.6 Å². The van der Waals surface area contributed by atoms with E-state index in [-0.39, 0.29) is 11.6 Å². The van der Waals surface area contributed by atoms with Crippen molar-refractivity contribution in [2.24, 2.45) is 7.05 Å². The predicted molar refractivity (Wildman–Crippen MR) is 142 cm³/mol. The van der Waals surface area contributed by atoms with E-state index in [2.05, 4.69) is 43.7 Å². The summed E-state index contributed by atoms with van der Waals surface area (Å²) in [5.74, 6) is 1.51. The lowest BCUT2D eigenvalue weighted by atomic mass is 10.1. The fraction of sp³-hybridized carbons (Fsp3) is 0.115. The minimum absolute atomic E-state index is 0.231. The van der Waals surface area contributed by atoms with Crippen molar-refractivity contribution in [3.05, 3.63) is 93.8 Å². The van der Waals surface area contributed by atoms with Crippen LogP contribution in [0.15, 0.2) is 83.1 Å². The number of pyridine rings is 1. The number of amides is 1. The standard InChI is InChI=1S/C26H21BrClN5O2/c1-33-24-10-9-20(14-22(24)32-26(33)31-18-7-5-16(27)6-8-18)35-21-11-12-29-23(15-21)25(34)30-19-4-2-3-17(28)13-19/h2-5,7,9-15H,6,8H2,1H3,(H,30,34)(H,31,32). The number of nitrogens with zero attached hydrogens (tertiary/aromatic N) is 3. The molecule has 176 valence electrons. The number of aryl methyl sites for hydroxylation is 1. The topological polar surface area (TPSA) is 81.1 Å². The zero-order valence-electron chi connectivity index (χ0n) is 18.8. The van der Waals surface area contributed by atoms with Crippen LogP contribution >= 0.6 is 27.5 Å². The third-order valence-electron chi connectivity index (χ3n) is 5.51. The molecule has 0 saturated carbocycles. The van der Waals surface area contributed by atoms with E-state index in [1.165, 1.54) is 10.7 Å². The molecule has 2 heterocycles. The van der Waals surface area contributed by atoms with Crippen molar-refractivity contribution in [1.29, 1.82) is 0 Å². The third-order valence-corrected chi connectivity index (χ3v) is 6.40. The number of hydrogen-bond acceptors (Lipinski definition) is 5. The van der Waals surface area contributed by atoms with Crippen molar-refractivity contribution in [3.63, 3.8) is 0 Å². The van der Waals surface area contributed by atoms with Crippen molar-refractivity contribution in [3.8, 4) is 11.5 Å². The molecule has 2 N–H and O–H groups in total. The van der Waals surface area contributed by atoms with Crippen LogP contribution < -0.4 is 15.4 Å². The maximum Gasteiger partial charge on any atom is 0.274 e. The minimum Gasteiger partial charge on any atom is -0.457 e. The number of rotatable bonds is 6. The molecule has 9 heteroatoms. The number of aromatic nitrogens is 3. The Hall–Kier alpha value is -3.62. The van der Waals surface area contributed by atoms with Gasteiger partial charge in [0.25, 0.3) is 5.91 Å². The van der Waals surface area contributed by atoms with Gasteiger partial charge in [0.15, 0.2) is 0 Å². The second-order valence-corrected chi connectivity index (χ2v) is 9.47. The highest BCUT2D eigenvalue weighted by atomic mass is 79.9. The van der Waals surface area contributed by atoms with E-state index in [1.807, 2.05) is 29.8 Å². The van der Waals surface area contributed by atoms with Gasteiger partial charge in [-0.2, -0.15) is 0 Å². The first kappa shape index (κ1) is 23.1. The average Bonchev–Trinajstić information content (AvgIpc) is 3.15. The molecule has 0 saturated heterocycles. The Bertz CT molecular complexity index is 1490. The van der Waals surface area contributed by atoms with Crippen molar-refractivity contribution in [2.45, 2.75) is 12.8 Å². The number of nitrogens with one attached hydrogen (secondary N) is 2. The molecule has 0 unspecified atom stereocenters. The van der Waals surface area contributed by atoms with E-state index < -0.39 is 0 Å². The Morgan fingerprint density at radius 2 is 1.94 bits per heavy atom. The molecular formula is C26H21BrClN5O2. The van der Waals surface area contributed by atoms with Gasteiger partial charge in [0, 0.05) is 41.8 Å². The maximum atomic E-state index is 12.6. The van der Waals surface area contributed by atoms with E-state index in [9.17, 15) is 4.79 Å². The summed E-state index contributed by atoms with van der Waals surface area (Å²) in [5, 5.41) is 6.74. The SMILES string of the molecule is Cn1c(NC2=CC=C(Br)CC2)nc2cc(Oc3ccnc(C(=O)Nc4cccc(Cl)c4)c3)ccc21. The molecule has 0 radical (unpaired) electrons. The lowest BCUT2D eigenvalue weighted by molar-refractivity contribution is 0.102. The number of carbonyl (C=O) groups excluding carboxylic acids is 1. The fourth-order valence-corrected chi connectivity index (χ4v) is 4.23. The first-order valence-corrected chi connectivity index (χ1v) is 12.1. The molecule has 7 nitrogen and oxygen atoms in total. The Morgan fingerprint density at radius 1 is 1.09 bits per heavy atom. The van der Waals surface area contributed by atoms with Crippen LogP contribution in [-0.4, -0.2) is 20.4 Å². The molecule has 1 aliphatic rings. The van der Waals surface area contributed by atoms with Gasteiger partial charge < -0.3 is 19.9 Å². The Morgan fingerprint density at radius 3 is 2.74 bits per heavy atom. The monoisotopic (exact) mass is 549 g/mol. The van der Waals surface area contributed by atoms with Crippen molar-refractivity contribution in [1.82, 2.24) is 14.5 Å². The molecule has 0 fully saturated rings. The molecule has 2 aromatic heterocycles. The van der Waals surface area contributed by atoms with Gasteiger partial charge in [-0.15, -0.1) is 0 Å². The lowest BCUT2D eigenvalue weighted by Gasteiger charge is -2.13. The molecule has 2 aromatic carbocycles. The Kier molecular flexibility index (Phi) is 6.57. The van der Waals surface area contributed by atoms with Gasteiger partial charge in [-0.05, 0) is 59.8 Å². The second-order valence-electron chi connectivity index (χ2n) is 8.02. The number of allylic oxidation sites excluding steroid dienone is 4. The summed E-state index contributed by atoms with van der Waals surface area (Å²) in [6, 6.07) is 15.9. The number of ether oxygens (including phenoxy) is 1. The first-order valence-electron chi connectivity index (χ1n) is 10.9. The summed E-state index contributed by atoms with van der Waals surface area (Å²) >= 11 is 9.52. The summed E-state index contributed by atoms with van der Waals surface area (Å²) in [6.45, 7) is 0. The molecule has 5 rings (SSSR count). The normalized spacial score (nSPS) is 13.2. The largest absolute Gasteiger partial charge is 0.457 e. The van der Waals surface area contributed by atoms with Crippen molar-refractivity contribution < 1.29 is 9.53 Å². The van der Waals surface area contributed by atoms with Gasteiger partial charge in [-0.1, -0.05) is 39.7 Å². The quantitative estimate of drug-likeness (QED) is 0.269. The van der Waals surface area contributed by atoms with Gasteiger partial charge in [-0.3, -0.25) is 9.78 Å². The van der Waals surface area contributed by atoms with Crippen LogP contribution in [0.25, 0.3) is 11.0 Å². The number of benzene rings is 2. The lowest BCUT2D eigenvalue weighted by Crippen LogP contribution is -2.13. The van der Waals surface area contributed by atoms with Crippen LogP contribution in [0.1, 0.15) is 23.3 Å². The van der Waals surface area contributed by atoms with E-state index in [0.717, 1.165) is 35.5 Å². The summed E-state index contributed by atoms with van der Waals surface area (Å²) in [6.07, 6.45) is 7.54. The van der Waals surface area contributed by atoms with Gasteiger partial charge in [0.2, 0.25) is 5.95 Å². The molecule has 0 spiro atoms. The van der Waals surface area contributed by atoms with Crippen molar-refractivity contribution >= 4 is 56.1 Å². The van der Waals surface area contributed by atoms with Crippen LogP contribution in [0.4, 0.5) is 11.6 Å². The molecule has 1 amide bonds. The first-order chi connectivity index (χ1) is 16.9. The number of hydrogen-bond donors (Lipinski definition) is 2. The van der Waals surface area contributed by atoms with Crippen LogP contribution in [-0.2, 0) is 7.05 Å². The highest BCUT2D eigenvalue weighted by molar-refractivity contribution is 9.11. The molecule has 1 aliphatic carbocycles. The molecule has 35 heavy (non-hydrogen) atoms. The van der Waals surface area contributed by atoms with Crippen LogP contribution in [0.2, 0.25) is 5.02 Å². The van der Waals surface area contributed by atoms with Crippen LogP contribution in [0, 0.1) is 0 Å². The number of carbonyl (C=O) groups is 1. The van der Waals surface area contributed by atoms with E-state index in [0.29, 0.717) is 22.2 Å². The van der Waals surface area contributed by atoms with E-state index >= 15 is 0 Å². The van der Waals surface area contributed by atoms with E-state index in [4.69, 9.17) is 21.3 Å². The van der Waals surface area contributed by atoms with Crippen LogP contribution in [0.3, 0.4) is 0 Å². The zero-order chi connectivity index (χ0) is 24.4. The van der Waals surface area contributed by atoms with Crippen LogP contribution in [0.5, 0.6) is 11.5 Å². The Labute approximate surface area is 215 Å². The summed E-state index contributed by atoms with van der Waals surface area (Å²) < 4.78 is 9.23. The number of imidazole rings is 1. The van der Waals surface area contributed by atoms with Gasteiger partial charge in [-0.25, -0.2) is 4.98 Å². The van der Waals surface area contributed by atoms with Gasteiger partial charge >= 0.3 is 0 Å². The maximum absolute atomic E-state index is 12.6. The molecule has 0 atom stereocenters. The molecule has 0 bridgehead atoms. The van der Waals surface area contributed by atoms with E-state index in [1.54, 1.807) is 36.4 Å². The molecular weight excluding hydrogens is 530 g/mol. The number of halogens is 2. The highest BCUT2D eigenvalue weighted by Gasteiger charge is 2.13. The fourth-order valence-electron chi connectivity index (χ4n) is 3.71. The zero-order valence-corrected chi connectivity index (χ0v) is 21.1. The highest BCUT2D eigenvalue weighted by Crippen LogP contribution is 2.29. The minimum atomic E-state index is -0.354. The molecule has 4 aromatic rings. The molecule has 0 aliphatic heterocycles. The summed E-state index contributed by atoms with van der Waals surface area (Å²) in [4.78, 5) is 21.5. The number of anilines is 2. The summed E-state index contributed by atoms with van der Waals surface area (Å²) in [7, 11) is 1.97.